The second kappa shape index (κ2) is 4.39. The number of fused-ring (bicyclic) bond motifs is 2. The van der Waals surface area contributed by atoms with Crippen molar-refractivity contribution in [3.05, 3.63) is 18.0 Å². The van der Waals surface area contributed by atoms with Gasteiger partial charge in [-0.1, -0.05) is 6.42 Å². The second-order valence-corrected chi connectivity index (χ2v) is 5.71. The van der Waals surface area contributed by atoms with Gasteiger partial charge in [-0.15, -0.1) is 0 Å². The number of nitrogens with two attached hydrogens (primary N) is 1. The molecule has 2 fully saturated rings. The van der Waals surface area contributed by atoms with Gasteiger partial charge in [0, 0.05) is 24.8 Å². The first-order valence-electron chi connectivity index (χ1n) is 6.68. The summed E-state index contributed by atoms with van der Waals surface area (Å²) in [7, 11) is 1.82. The van der Waals surface area contributed by atoms with Crippen molar-refractivity contribution in [3.8, 4) is 0 Å². The van der Waals surface area contributed by atoms with Crippen molar-refractivity contribution >= 4 is 5.91 Å². The number of aryl methyl sites for hydroxylation is 1. The Morgan fingerprint density at radius 2 is 2.39 bits per heavy atom. The molecule has 5 nitrogen and oxygen atoms in total. The van der Waals surface area contributed by atoms with Gasteiger partial charge in [-0.3, -0.25) is 9.48 Å². The molecule has 98 valence electrons. The number of amides is 1. The smallest absolute Gasteiger partial charge is 0.241 e. The first kappa shape index (κ1) is 11.7. The molecule has 0 aromatic carbocycles. The zero-order valence-electron chi connectivity index (χ0n) is 10.7. The molecule has 0 saturated heterocycles. The minimum Gasteiger partial charge on any atom is -0.351 e. The molecule has 1 aromatic rings. The Morgan fingerprint density at radius 1 is 1.56 bits per heavy atom. The highest BCUT2D eigenvalue weighted by atomic mass is 16.2. The molecular weight excluding hydrogens is 228 g/mol. The molecule has 3 N–H and O–H groups in total. The van der Waals surface area contributed by atoms with Gasteiger partial charge in [0.1, 0.15) is 6.04 Å². The van der Waals surface area contributed by atoms with Gasteiger partial charge in [0.15, 0.2) is 0 Å². The molecule has 1 amide bonds. The Balaban J connectivity index is 1.61. The number of hydrogen-bond donors (Lipinski definition) is 2. The first-order chi connectivity index (χ1) is 8.63. The van der Waals surface area contributed by atoms with E-state index in [4.69, 9.17) is 5.73 Å². The highest BCUT2D eigenvalue weighted by Gasteiger charge is 2.40. The number of rotatable bonds is 3. The van der Waals surface area contributed by atoms with Crippen LogP contribution in [0.5, 0.6) is 0 Å². The van der Waals surface area contributed by atoms with Gasteiger partial charge >= 0.3 is 0 Å². The molecule has 2 saturated carbocycles. The lowest BCUT2D eigenvalue weighted by atomic mass is 9.95. The number of nitrogens with zero attached hydrogens (tertiary/aromatic N) is 2. The predicted octanol–water partition coefficient (Wildman–Crippen LogP) is 0.725. The molecule has 2 aliphatic carbocycles. The first-order valence-corrected chi connectivity index (χ1v) is 6.68. The van der Waals surface area contributed by atoms with Crippen molar-refractivity contribution in [1.29, 1.82) is 0 Å². The minimum absolute atomic E-state index is 0.0689. The summed E-state index contributed by atoms with van der Waals surface area (Å²) in [5, 5.41) is 7.16. The molecule has 4 atom stereocenters. The molecule has 3 rings (SSSR count). The third kappa shape index (κ3) is 2.03. The van der Waals surface area contributed by atoms with Gasteiger partial charge in [-0.2, -0.15) is 5.10 Å². The number of carbonyl (C=O) groups excluding carboxylic acids is 1. The number of aromatic nitrogens is 2. The van der Waals surface area contributed by atoms with Gasteiger partial charge in [0.05, 0.1) is 6.20 Å². The fourth-order valence-electron chi connectivity index (χ4n) is 3.45. The van der Waals surface area contributed by atoms with Crippen molar-refractivity contribution < 1.29 is 4.79 Å². The summed E-state index contributed by atoms with van der Waals surface area (Å²) in [4.78, 5) is 12.1. The topological polar surface area (TPSA) is 72.9 Å². The zero-order chi connectivity index (χ0) is 12.7. The van der Waals surface area contributed by atoms with Crippen molar-refractivity contribution in [2.45, 2.75) is 37.8 Å². The Kier molecular flexibility index (Phi) is 2.86. The second-order valence-electron chi connectivity index (χ2n) is 5.71. The average Bonchev–Trinajstić information content (AvgIpc) is 3.03. The molecule has 2 bridgehead atoms. The van der Waals surface area contributed by atoms with Crippen LogP contribution in [-0.4, -0.2) is 21.7 Å². The molecule has 5 heteroatoms. The van der Waals surface area contributed by atoms with Crippen molar-refractivity contribution in [2.24, 2.45) is 24.6 Å². The van der Waals surface area contributed by atoms with E-state index in [2.05, 4.69) is 10.4 Å². The lowest BCUT2D eigenvalue weighted by Crippen LogP contribution is -2.43. The summed E-state index contributed by atoms with van der Waals surface area (Å²) < 4.78 is 1.67. The third-order valence-corrected chi connectivity index (χ3v) is 4.43. The zero-order valence-corrected chi connectivity index (χ0v) is 10.7. The fourth-order valence-corrected chi connectivity index (χ4v) is 3.45. The highest BCUT2D eigenvalue weighted by Crippen LogP contribution is 2.44. The molecule has 18 heavy (non-hydrogen) atoms. The van der Waals surface area contributed by atoms with E-state index in [1.807, 2.05) is 7.05 Å². The van der Waals surface area contributed by atoms with E-state index in [9.17, 15) is 4.79 Å². The van der Waals surface area contributed by atoms with Crippen LogP contribution in [0.4, 0.5) is 0 Å². The maximum absolute atomic E-state index is 12.1. The molecular formula is C13H20N4O. The van der Waals surface area contributed by atoms with Gasteiger partial charge < -0.3 is 11.1 Å². The van der Waals surface area contributed by atoms with Crippen LogP contribution >= 0.6 is 0 Å². The van der Waals surface area contributed by atoms with E-state index < -0.39 is 6.04 Å². The Bertz CT molecular complexity index is 456. The summed E-state index contributed by atoms with van der Waals surface area (Å²) >= 11 is 0. The van der Waals surface area contributed by atoms with Crippen LogP contribution in [0, 0.1) is 11.8 Å². The monoisotopic (exact) mass is 248 g/mol. The molecule has 2 aliphatic rings. The van der Waals surface area contributed by atoms with E-state index in [-0.39, 0.29) is 5.91 Å². The Hall–Kier alpha value is -1.36. The van der Waals surface area contributed by atoms with Crippen molar-refractivity contribution in [3.63, 3.8) is 0 Å². The van der Waals surface area contributed by atoms with E-state index in [1.165, 1.54) is 19.3 Å². The molecule has 1 aromatic heterocycles. The number of carbonyl (C=O) groups is 1. The van der Waals surface area contributed by atoms with Gasteiger partial charge in [0.2, 0.25) is 5.91 Å². The quantitative estimate of drug-likeness (QED) is 0.828. The summed E-state index contributed by atoms with van der Waals surface area (Å²) in [5.41, 5.74) is 6.74. The van der Waals surface area contributed by atoms with Crippen molar-refractivity contribution in [2.75, 3.05) is 0 Å². The van der Waals surface area contributed by atoms with Gasteiger partial charge in [-0.05, 0) is 31.1 Å². The molecule has 0 aliphatic heterocycles. The van der Waals surface area contributed by atoms with E-state index in [0.29, 0.717) is 12.0 Å². The molecule has 0 spiro atoms. The predicted molar refractivity (Wildman–Crippen MR) is 67.5 cm³/mol. The minimum atomic E-state index is -0.599. The van der Waals surface area contributed by atoms with Crippen LogP contribution in [0.3, 0.4) is 0 Å². The maximum Gasteiger partial charge on any atom is 0.241 e. The standard InChI is InChI=1S/C13H20N4O/c1-17-7-10(6-15-17)12(14)13(18)16-11-5-8-2-3-9(11)4-8/h6-9,11-12H,2-5,14H2,1H3,(H,16,18). The Morgan fingerprint density at radius 3 is 2.94 bits per heavy atom. The summed E-state index contributed by atoms with van der Waals surface area (Å²) in [5.74, 6) is 1.44. The lowest BCUT2D eigenvalue weighted by molar-refractivity contribution is -0.123. The summed E-state index contributed by atoms with van der Waals surface area (Å²) in [6, 6.07) is -0.253. The molecule has 1 heterocycles. The average molecular weight is 248 g/mol. The van der Waals surface area contributed by atoms with Gasteiger partial charge in [0.25, 0.3) is 0 Å². The van der Waals surface area contributed by atoms with E-state index in [0.717, 1.165) is 17.9 Å². The van der Waals surface area contributed by atoms with Crippen LogP contribution in [0.2, 0.25) is 0 Å². The van der Waals surface area contributed by atoms with Crippen LogP contribution in [0.25, 0.3) is 0 Å². The van der Waals surface area contributed by atoms with Crippen LogP contribution in [0.1, 0.15) is 37.3 Å². The summed E-state index contributed by atoms with van der Waals surface area (Å²) in [6.07, 6.45) is 8.47. The van der Waals surface area contributed by atoms with Crippen LogP contribution in [-0.2, 0) is 11.8 Å². The number of nitrogens with one attached hydrogen (secondary N) is 1. The maximum atomic E-state index is 12.1. The SMILES string of the molecule is Cn1cc(C(N)C(=O)NC2CC3CCC2C3)cn1. The molecule has 0 radical (unpaired) electrons. The van der Waals surface area contributed by atoms with E-state index in [1.54, 1.807) is 17.1 Å². The lowest BCUT2D eigenvalue weighted by Gasteiger charge is -2.24. The largest absolute Gasteiger partial charge is 0.351 e. The Labute approximate surface area is 107 Å². The number of hydrogen-bond acceptors (Lipinski definition) is 3. The molecule has 4 unspecified atom stereocenters. The third-order valence-electron chi connectivity index (χ3n) is 4.43. The summed E-state index contributed by atoms with van der Waals surface area (Å²) in [6.45, 7) is 0. The fraction of sp³-hybridized carbons (Fsp3) is 0.692. The van der Waals surface area contributed by atoms with E-state index >= 15 is 0 Å². The van der Waals surface area contributed by atoms with Crippen LogP contribution in [0.15, 0.2) is 12.4 Å². The normalized spacial score (nSPS) is 31.6. The van der Waals surface area contributed by atoms with Crippen LogP contribution < -0.4 is 11.1 Å². The highest BCUT2D eigenvalue weighted by molar-refractivity contribution is 5.83. The van der Waals surface area contributed by atoms with Gasteiger partial charge in [-0.25, -0.2) is 0 Å². The van der Waals surface area contributed by atoms with Crippen molar-refractivity contribution in [1.82, 2.24) is 15.1 Å².